The smallest absolute Gasteiger partial charge is 0.318 e. The van der Waals surface area contributed by atoms with Crippen LogP contribution in [0.4, 0.5) is 17.1 Å². The van der Waals surface area contributed by atoms with E-state index >= 15 is 0 Å². The molecule has 0 saturated heterocycles. The first kappa shape index (κ1) is 29.7. The molecule has 4 aromatic rings. The molecule has 42 heavy (non-hydrogen) atoms. The number of carbonyl (C=O) groups is 2. The minimum Gasteiger partial charge on any atom is -0.318 e. The molecule has 0 aliphatic heterocycles. The number of oxime groups is 1. The van der Waals surface area contributed by atoms with E-state index in [9.17, 15) is 9.59 Å². The molecule has 4 aromatic carbocycles. The van der Waals surface area contributed by atoms with Gasteiger partial charge in [-0.2, -0.15) is 0 Å². The lowest BCUT2D eigenvalue weighted by atomic mass is 9.94. The monoisotopic (exact) mass is 554 g/mol. The first-order valence-corrected chi connectivity index (χ1v) is 13.7. The van der Waals surface area contributed by atoms with Crippen LogP contribution in [0.1, 0.15) is 65.9 Å². The molecular formula is C37H34N2O3. The van der Waals surface area contributed by atoms with Gasteiger partial charge in [0.15, 0.2) is 5.78 Å². The standard InChI is InChI=1S/C37H34N2O3/c1-7-12-35-33(8-2)34(26(5)38-42-27(6)40)23-24-36(35)39(31-19-15-28(16-20-31)25(3)4)32-21-17-30(18-22-32)37(41)29-13-10-9-11-14-29/h7-24H,2-3H2,1,4-6H3/b12-7-,38-26-. The van der Waals surface area contributed by atoms with Crippen LogP contribution in [0.25, 0.3) is 17.7 Å². The normalized spacial score (nSPS) is 11.3. The van der Waals surface area contributed by atoms with Gasteiger partial charge in [0.25, 0.3) is 0 Å². The van der Waals surface area contributed by atoms with Gasteiger partial charge in [-0.3, -0.25) is 4.79 Å². The van der Waals surface area contributed by atoms with Crippen LogP contribution in [0.2, 0.25) is 0 Å². The molecule has 0 N–H and O–H groups in total. The molecule has 0 bridgehead atoms. The molecule has 0 unspecified atom stereocenters. The Bertz CT molecular complexity index is 1680. The highest BCUT2D eigenvalue weighted by Crippen LogP contribution is 2.40. The van der Waals surface area contributed by atoms with E-state index in [2.05, 4.69) is 35.3 Å². The summed E-state index contributed by atoms with van der Waals surface area (Å²) in [7, 11) is 0. The van der Waals surface area contributed by atoms with E-state index in [0.717, 1.165) is 44.9 Å². The molecule has 5 heteroatoms. The average Bonchev–Trinajstić information content (AvgIpc) is 3.01. The lowest BCUT2D eigenvalue weighted by Gasteiger charge is -2.29. The maximum atomic E-state index is 13.1. The SMILES string of the molecule is C=Cc1c(/C(C)=N\OC(C)=O)ccc(N(c2ccc(C(=C)C)cc2)c2ccc(C(=O)c3ccccc3)cc2)c1/C=C\C. The van der Waals surface area contributed by atoms with Crippen molar-refractivity contribution in [3.8, 4) is 0 Å². The summed E-state index contributed by atoms with van der Waals surface area (Å²) < 4.78 is 0. The second kappa shape index (κ2) is 13.4. The minimum atomic E-state index is -0.488. The van der Waals surface area contributed by atoms with Crippen molar-refractivity contribution in [3.05, 3.63) is 144 Å². The van der Waals surface area contributed by atoms with Crippen molar-refractivity contribution in [2.75, 3.05) is 4.90 Å². The van der Waals surface area contributed by atoms with E-state index in [1.807, 2.05) is 105 Å². The highest BCUT2D eigenvalue weighted by atomic mass is 16.7. The summed E-state index contributed by atoms with van der Waals surface area (Å²) in [6.45, 7) is 15.2. The molecule has 0 aliphatic carbocycles. The Morgan fingerprint density at radius 3 is 1.86 bits per heavy atom. The predicted molar refractivity (Wildman–Crippen MR) is 174 cm³/mol. The average molecular weight is 555 g/mol. The van der Waals surface area contributed by atoms with Crippen LogP contribution < -0.4 is 4.90 Å². The van der Waals surface area contributed by atoms with Crippen molar-refractivity contribution < 1.29 is 14.4 Å². The number of carbonyl (C=O) groups excluding carboxylic acids is 2. The predicted octanol–water partition coefficient (Wildman–Crippen LogP) is 9.38. The molecule has 0 amide bonds. The summed E-state index contributed by atoms with van der Waals surface area (Å²) in [4.78, 5) is 31.5. The third-order valence-electron chi connectivity index (χ3n) is 6.79. The Kier molecular flexibility index (Phi) is 9.46. The number of benzene rings is 4. The Labute approximate surface area is 247 Å². The second-order valence-electron chi connectivity index (χ2n) is 9.83. The lowest BCUT2D eigenvalue weighted by Crippen LogP contribution is -2.14. The molecule has 4 rings (SSSR count). The number of allylic oxidation sites excluding steroid dienone is 2. The fourth-order valence-electron chi connectivity index (χ4n) is 4.72. The highest BCUT2D eigenvalue weighted by Gasteiger charge is 2.20. The van der Waals surface area contributed by atoms with Crippen molar-refractivity contribution in [2.24, 2.45) is 5.16 Å². The van der Waals surface area contributed by atoms with Crippen LogP contribution in [0, 0.1) is 0 Å². The molecule has 210 valence electrons. The van der Waals surface area contributed by atoms with E-state index in [-0.39, 0.29) is 5.78 Å². The van der Waals surface area contributed by atoms with Gasteiger partial charge >= 0.3 is 5.97 Å². The van der Waals surface area contributed by atoms with Crippen LogP contribution in [-0.4, -0.2) is 17.5 Å². The zero-order valence-corrected chi connectivity index (χ0v) is 24.4. The van der Waals surface area contributed by atoms with Crippen molar-refractivity contribution >= 4 is 52.3 Å². The number of anilines is 3. The van der Waals surface area contributed by atoms with Gasteiger partial charge in [-0.1, -0.05) is 90.6 Å². The van der Waals surface area contributed by atoms with Gasteiger partial charge in [-0.05, 0) is 74.4 Å². The van der Waals surface area contributed by atoms with Crippen molar-refractivity contribution in [1.82, 2.24) is 0 Å². The van der Waals surface area contributed by atoms with Crippen molar-refractivity contribution in [3.63, 3.8) is 0 Å². The number of ketones is 1. The topological polar surface area (TPSA) is 59.0 Å². The molecule has 0 radical (unpaired) electrons. The van der Waals surface area contributed by atoms with E-state index in [0.29, 0.717) is 16.8 Å². The Balaban J connectivity index is 1.90. The number of hydrogen-bond donors (Lipinski definition) is 0. The zero-order valence-electron chi connectivity index (χ0n) is 24.4. The van der Waals surface area contributed by atoms with Crippen LogP contribution >= 0.6 is 0 Å². The summed E-state index contributed by atoms with van der Waals surface area (Å²) >= 11 is 0. The van der Waals surface area contributed by atoms with Crippen LogP contribution in [-0.2, 0) is 9.63 Å². The van der Waals surface area contributed by atoms with Crippen LogP contribution in [0.3, 0.4) is 0 Å². The van der Waals surface area contributed by atoms with Gasteiger partial charge in [0, 0.05) is 40.6 Å². The summed E-state index contributed by atoms with van der Waals surface area (Å²) in [5.74, 6) is -0.520. The Morgan fingerprint density at radius 1 is 0.762 bits per heavy atom. The summed E-state index contributed by atoms with van der Waals surface area (Å²) in [5, 5.41) is 4.01. The molecule has 0 saturated carbocycles. The molecule has 0 atom stereocenters. The van der Waals surface area contributed by atoms with Gasteiger partial charge in [0.1, 0.15) is 0 Å². The largest absolute Gasteiger partial charge is 0.331 e. The molecule has 5 nitrogen and oxygen atoms in total. The number of nitrogens with zero attached hydrogens (tertiary/aromatic N) is 2. The third-order valence-corrected chi connectivity index (χ3v) is 6.79. The van der Waals surface area contributed by atoms with Gasteiger partial charge in [-0.25, -0.2) is 4.79 Å². The van der Waals surface area contributed by atoms with Gasteiger partial charge in [0.2, 0.25) is 0 Å². The molecule has 0 fully saturated rings. The van der Waals surface area contributed by atoms with Crippen LogP contribution in [0.15, 0.2) is 115 Å². The summed E-state index contributed by atoms with van der Waals surface area (Å²) in [6.07, 6.45) is 5.78. The van der Waals surface area contributed by atoms with Gasteiger partial charge in [-0.15, -0.1) is 0 Å². The van der Waals surface area contributed by atoms with Crippen LogP contribution in [0.5, 0.6) is 0 Å². The first-order valence-electron chi connectivity index (χ1n) is 13.7. The van der Waals surface area contributed by atoms with Gasteiger partial charge in [0.05, 0.1) is 11.4 Å². The zero-order chi connectivity index (χ0) is 30.2. The fourth-order valence-corrected chi connectivity index (χ4v) is 4.72. The Morgan fingerprint density at radius 2 is 1.33 bits per heavy atom. The van der Waals surface area contributed by atoms with E-state index in [1.54, 1.807) is 13.0 Å². The molecule has 0 aromatic heterocycles. The number of hydrogen-bond acceptors (Lipinski definition) is 5. The molecule has 0 spiro atoms. The second-order valence-corrected chi connectivity index (χ2v) is 9.83. The molecule has 0 aliphatic rings. The lowest BCUT2D eigenvalue weighted by molar-refractivity contribution is -0.140. The van der Waals surface area contributed by atoms with Crippen molar-refractivity contribution in [1.29, 1.82) is 0 Å². The Hall–Kier alpha value is -5.29. The minimum absolute atomic E-state index is 0.0324. The van der Waals surface area contributed by atoms with E-state index in [4.69, 9.17) is 4.84 Å². The molecular weight excluding hydrogens is 520 g/mol. The van der Waals surface area contributed by atoms with E-state index in [1.165, 1.54) is 6.92 Å². The maximum Gasteiger partial charge on any atom is 0.331 e. The van der Waals surface area contributed by atoms with Gasteiger partial charge < -0.3 is 9.74 Å². The first-order chi connectivity index (χ1) is 20.2. The van der Waals surface area contributed by atoms with E-state index < -0.39 is 5.97 Å². The number of rotatable bonds is 10. The fraction of sp³-hybridized carbons (Fsp3) is 0.108. The third kappa shape index (κ3) is 6.53. The summed E-state index contributed by atoms with van der Waals surface area (Å²) in [6, 6.07) is 29.0. The summed E-state index contributed by atoms with van der Waals surface area (Å²) in [5.41, 5.74) is 9.10. The maximum absolute atomic E-state index is 13.1. The highest BCUT2D eigenvalue weighted by molar-refractivity contribution is 6.09. The van der Waals surface area contributed by atoms with Crippen molar-refractivity contribution in [2.45, 2.75) is 27.7 Å². The quantitative estimate of drug-likeness (QED) is 0.0848. The molecule has 0 heterocycles.